The fraction of sp³-hybridized carbons (Fsp3) is 0.480. The Morgan fingerprint density at radius 1 is 1.00 bits per heavy atom. The Kier molecular flexibility index (Phi) is 8.71. The molecule has 0 aromatic heterocycles. The summed E-state index contributed by atoms with van der Waals surface area (Å²) in [5, 5.41) is 14.1. The zero-order chi connectivity index (χ0) is 24.0. The number of fused-ring (bicyclic) bond motifs is 3. The Labute approximate surface area is 222 Å². The molecule has 11 heteroatoms. The first kappa shape index (κ1) is 28.0. The second-order valence-corrected chi connectivity index (χ2v) is 9.14. The van der Waals surface area contributed by atoms with Gasteiger partial charge in [-0.25, -0.2) is 0 Å². The number of methoxy groups -OCH3 is 2. The van der Waals surface area contributed by atoms with Crippen molar-refractivity contribution < 1.29 is 33.6 Å². The summed E-state index contributed by atoms with van der Waals surface area (Å²) in [6.07, 6.45) is 0. The predicted molar refractivity (Wildman–Crippen MR) is 137 cm³/mol. The molecule has 2 aromatic rings. The van der Waals surface area contributed by atoms with E-state index < -0.39 is 5.92 Å². The fourth-order valence-electron chi connectivity index (χ4n) is 5.36. The number of nitrogens with one attached hydrogen (secondary N) is 1. The molecular formula is C25H32Cl2N2O7. The van der Waals surface area contributed by atoms with E-state index in [1.807, 2.05) is 26.2 Å². The molecule has 0 spiro atoms. The molecule has 36 heavy (non-hydrogen) atoms. The SMILES string of the molecule is COc1cc([C@@H]2c3cc4c(cc3[C@@H](NCCN(C)C)[C@H]3COC(=O)[C@H]23)OCO4)cc(OC)c1O.Cl.Cl. The molecule has 198 valence electrons. The quantitative estimate of drug-likeness (QED) is 0.511. The van der Waals surface area contributed by atoms with E-state index in [2.05, 4.69) is 10.2 Å². The van der Waals surface area contributed by atoms with Crippen molar-refractivity contribution >= 4 is 30.8 Å². The number of hydrogen-bond acceptors (Lipinski definition) is 9. The third kappa shape index (κ3) is 4.72. The van der Waals surface area contributed by atoms with Crippen LogP contribution in [0.4, 0.5) is 0 Å². The molecule has 0 saturated carbocycles. The normalized spacial score (nSPS) is 23.2. The molecule has 3 aliphatic rings. The van der Waals surface area contributed by atoms with Crippen LogP contribution in [0.5, 0.6) is 28.7 Å². The maximum Gasteiger partial charge on any atom is 0.310 e. The van der Waals surface area contributed by atoms with Gasteiger partial charge in [0.25, 0.3) is 0 Å². The van der Waals surface area contributed by atoms with Crippen molar-refractivity contribution in [2.45, 2.75) is 12.0 Å². The highest BCUT2D eigenvalue weighted by Gasteiger charge is 2.52. The van der Waals surface area contributed by atoms with Crippen LogP contribution in [0.3, 0.4) is 0 Å². The number of carbonyl (C=O) groups is 1. The van der Waals surface area contributed by atoms with E-state index in [0.29, 0.717) is 18.1 Å². The number of carbonyl (C=O) groups excluding carboxylic acids is 1. The summed E-state index contributed by atoms with van der Waals surface area (Å²) in [7, 11) is 7.04. The largest absolute Gasteiger partial charge is 0.502 e. The summed E-state index contributed by atoms with van der Waals surface area (Å²) in [6, 6.07) is 7.43. The van der Waals surface area contributed by atoms with Crippen molar-refractivity contribution in [3.05, 3.63) is 41.0 Å². The van der Waals surface area contributed by atoms with Gasteiger partial charge < -0.3 is 39.0 Å². The molecular weight excluding hydrogens is 511 g/mol. The van der Waals surface area contributed by atoms with Crippen LogP contribution in [-0.2, 0) is 9.53 Å². The molecule has 1 fully saturated rings. The standard InChI is InChI=1S/C25H30N2O7.2ClH/c1-27(2)6-5-26-23-15-10-18-17(33-12-34-18)9-14(15)21(22-16(23)11-32-25(22)29)13-7-19(30-3)24(28)20(8-13)31-4;;/h7-10,16,21-23,26,28H,5-6,11-12H2,1-4H3;2*1H/t16-,21+,22-,23+;;/m0../s1. The van der Waals surface area contributed by atoms with Gasteiger partial charge in [-0.2, -0.15) is 0 Å². The van der Waals surface area contributed by atoms with Crippen molar-refractivity contribution in [1.29, 1.82) is 0 Å². The zero-order valence-corrected chi connectivity index (χ0v) is 22.2. The highest BCUT2D eigenvalue weighted by Crippen LogP contribution is 2.55. The lowest BCUT2D eigenvalue weighted by Gasteiger charge is -2.40. The molecule has 0 radical (unpaired) electrons. The molecule has 5 rings (SSSR count). The number of hydrogen-bond donors (Lipinski definition) is 2. The van der Waals surface area contributed by atoms with Gasteiger partial charge in [0.05, 0.1) is 26.7 Å². The van der Waals surface area contributed by atoms with E-state index in [1.54, 1.807) is 12.1 Å². The monoisotopic (exact) mass is 542 g/mol. The van der Waals surface area contributed by atoms with E-state index in [4.69, 9.17) is 23.7 Å². The summed E-state index contributed by atoms with van der Waals surface area (Å²) in [5.41, 5.74) is 2.81. The average molecular weight is 543 g/mol. The van der Waals surface area contributed by atoms with Gasteiger partial charge in [0.15, 0.2) is 23.0 Å². The number of aromatic hydroxyl groups is 1. The second-order valence-electron chi connectivity index (χ2n) is 9.14. The van der Waals surface area contributed by atoms with E-state index >= 15 is 0 Å². The molecule has 2 aliphatic heterocycles. The molecule has 0 unspecified atom stereocenters. The molecule has 4 atom stereocenters. The van der Waals surface area contributed by atoms with Gasteiger partial charge in [0.2, 0.25) is 12.5 Å². The first-order valence-electron chi connectivity index (χ1n) is 11.4. The van der Waals surface area contributed by atoms with Gasteiger partial charge in [0, 0.05) is 31.0 Å². The Morgan fingerprint density at radius 2 is 1.61 bits per heavy atom. The van der Waals surface area contributed by atoms with Crippen molar-refractivity contribution in [3.63, 3.8) is 0 Å². The lowest BCUT2D eigenvalue weighted by molar-refractivity contribution is -0.141. The van der Waals surface area contributed by atoms with E-state index in [1.165, 1.54) is 14.2 Å². The molecule has 1 saturated heterocycles. The Morgan fingerprint density at radius 3 is 2.19 bits per heavy atom. The number of benzene rings is 2. The highest BCUT2D eigenvalue weighted by atomic mass is 35.5. The van der Waals surface area contributed by atoms with Gasteiger partial charge in [-0.05, 0) is 55.1 Å². The summed E-state index contributed by atoms with van der Waals surface area (Å²) < 4.78 is 27.8. The number of phenols is 1. The Hall–Kier alpha value is -2.59. The molecule has 2 N–H and O–H groups in total. The zero-order valence-electron chi connectivity index (χ0n) is 20.6. The molecule has 2 aromatic carbocycles. The number of esters is 1. The summed E-state index contributed by atoms with van der Waals surface area (Å²) >= 11 is 0. The van der Waals surface area contributed by atoms with E-state index in [0.717, 1.165) is 29.8 Å². The molecule has 0 amide bonds. The van der Waals surface area contributed by atoms with Crippen LogP contribution in [0.1, 0.15) is 28.7 Å². The number of likely N-dealkylation sites (N-methyl/N-ethyl adjacent to an activating group) is 1. The number of halogens is 2. The summed E-state index contributed by atoms with van der Waals surface area (Å²) in [6.45, 7) is 2.12. The molecule has 1 aliphatic carbocycles. The van der Waals surface area contributed by atoms with Gasteiger partial charge >= 0.3 is 5.97 Å². The highest BCUT2D eigenvalue weighted by molar-refractivity contribution is 5.85. The Bertz CT molecular complexity index is 1090. The smallest absolute Gasteiger partial charge is 0.310 e. The Balaban J connectivity index is 0.00000180. The molecule has 0 bridgehead atoms. The van der Waals surface area contributed by atoms with Gasteiger partial charge in [0.1, 0.15) is 0 Å². The fourth-order valence-corrected chi connectivity index (χ4v) is 5.36. The van der Waals surface area contributed by atoms with Crippen molar-refractivity contribution in [3.8, 4) is 28.7 Å². The van der Waals surface area contributed by atoms with Crippen LogP contribution in [0.15, 0.2) is 24.3 Å². The molecule has 9 nitrogen and oxygen atoms in total. The van der Waals surface area contributed by atoms with Crippen LogP contribution in [-0.4, -0.2) is 70.8 Å². The van der Waals surface area contributed by atoms with Crippen molar-refractivity contribution in [1.82, 2.24) is 10.2 Å². The number of ether oxygens (including phenoxy) is 5. The molecule has 2 heterocycles. The minimum atomic E-state index is -0.413. The van der Waals surface area contributed by atoms with Crippen LogP contribution in [0.25, 0.3) is 0 Å². The summed E-state index contributed by atoms with van der Waals surface area (Å²) in [5.74, 6) is 0.783. The minimum absolute atomic E-state index is 0. The maximum atomic E-state index is 13.1. The number of cyclic esters (lactones) is 1. The minimum Gasteiger partial charge on any atom is -0.502 e. The second kappa shape index (κ2) is 11.2. The summed E-state index contributed by atoms with van der Waals surface area (Å²) in [4.78, 5) is 15.2. The third-order valence-electron chi connectivity index (χ3n) is 6.97. The van der Waals surface area contributed by atoms with Crippen LogP contribution >= 0.6 is 24.8 Å². The van der Waals surface area contributed by atoms with Gasteiger partial charge in [-0.15, -0.1) is 24.8 Å². The lowest BCUT2D eigenvalue weighted by atomic mass is 9.65. The topological polar surface area (TPSA) is 98.7 Å². The number of nitrogens with zero attached hydrogens (tertiary/aromatic N) is 1. The van der Waals surface area contributed by atoms with E-state index in [-0.39, 0.29) is 72.7 Å². The van der Waals surface area contributed by atoms with Crippen molar-refractivity contribution in [2.75, 3.05) is 54.8 Å². The van der Waals surface area contributed by atoms with Crippen molar-refractivity contribution in [2.24, 2.45) is 11.8 Å². The van der Waals surface area contributed by atoms with Crippen LogP contribution < -0.4 is 24.3 Å². The third-order valence-corrected chi connectivity index (χ3v) is 6.97. The number of phenolic OH excluding ortho intramolecular Hbond substituents is 1. The average Bonchev–Trinajstić information content (AvgIpc) is 3.44. The predicted octanol–water partition coefficient (Wildman–Crippen LogP) is 3.11. The van der Waals surface area contributed by atoms with Gasteiger partial charge in [-0.1, -0.05) is 0 Å². The lowest BCUT2D eigenvalue weighted by Crippen LogP contribution is -2.42. The number of rotatable bonds is 7. The first-order valence-corrected chi connectivity index (χ1v) is 11.4. The van der Waals surface area contributed by atoms with E-state index in [9.17, 15) is 9.90 Å². The maximum absolute atomic E-state index is 13.1. The van der Waals surface area contributed by atoms with Gasteiger partial charge in [-0.3, -0.25) is 4.79 Å². The van der Waals surface area contributed by atoms with Crippen LogP contribution in [0, 0.1) is 11.8 Å². The first-order chi connectivity index (χ1) is 16.4. The van der Waals surface area contributed by atoms with Crippen LogP contribution in [0.2, 0.25) is 0 Å².